The highest BCUT2D eigenvalue weighted by Crippen LogP contribution is 2.06. The van der Waals surface area contributed by atoms with E-state index in [1.807, 2.05) is 6.92 Å². The van der Waals surface area contributed by atoms with Gasteiger partial charge in [0.05, 0.1) is 5.69 Å². The van der Waals surface area contributed by atoms with Crippen molar-refractivity contribution in [3.05, 3.63) is 17.5 Å². The van der Waals surface area contributed by atoms with Gasteiger partial charge in [0.25, 0.3) is 0 Å². The Morgan fingerprint density at radius 3 is 2.50 bits per heavy atom. The van der Waals surface area contributed by atoms with Crippen LogP contribution < -0.4 is 10.6 Å². The molecule has 0 aromatic carbocycles. The van der Waals surface area contributed by atoms with Crippen LogP contribution in [0.3, 0.4) is 0 Å². The summed E-state index contributed by atoms with van der Waals surface area (Å²) < 4.78 is 2.07. The van der Waals surface area contributed by atoms with Crippen molar-refractivity contribution in [2.45, 2.75) is 60.5 Å². The number of hydrogen-bond donors (Lipinski definition) is 2. The smallest absolute Gasteiger partial charge is 0.191 e. The van der Waals surface area contributed by atoms with Crippen molar-refractivity contribution in [1.82, 2.24) is 20.4 Å². The number of nitrogens with zero attached hydrogens (tertiary/aromatic N) is 3. The van der Waals surface area contributed by atoms with Crippen molar-refractivity contribution in [2.75, 3.05) is 13.1 Å². The fraction of sp³-hybridized carbons (Fsp3) is 0.750. The Kier molecular flexibility index (Phi) is 10.5. The summed E-state index contributed by atoms with van der Waals surface area (Å²) in [6, 6.07) is 2.55. The van der Waals surface area contributed by atoms with E-state index in [-0.39, 0.29) is 24.0 Å². The quantitative estimate of drug-likeness (QED) is 0.404. The largest absolute Gasteiger partial charge is 0.357 e. The van der Waals surface area contributed by atoms with Crippen LogP contribution in [0.2, 0.25) is 0 Å². The predicted octanol–water partition coefficient (Wildman–Crippen LogP) is 3.11. The molecule has 0 saturated heterocycles. The first-order valence-electron chi connectivity index (χ1n) is 8.02. The van der Waals surface area contributed by atoms with E-state index in [0.29, 0.717) is 12.0 Å². The van der Waals surface area contributed by atoms with Gasteiger partial charge in [-0.05, 0) is 46.1 Å². The average molecular weight is 421 g/mol. The number of hydrogen-bond acceptors (Lipinski definition) is 2. The molecule has 0 spiro atoms. The van der Waals surface area contributed by atoms with Crippen LogP contribution in [0.15, 0.2) is 11.1 Å². The number of aromatic nitrogens is 2. The highest BCUT2D eigenvalue weighted by molar-refractivity contribution is 14.0. The van der Waals surface area contributed by atoms with Crippen molar-refractivity contribution in [2.24, 2.45) is 10.9 Å². The zero-order chi connectivity index (χ0) is 15.8. The van der Waals surface area contributed by atoms with Crippen LogP contribution in [0.1, 0.15) is 45.5 Å². The molecule has 2 atom stereocenters. The summed E-state index contributed by atoms with van der Waals surface area (Å²) in [5.74, 6) is 1.36. The molecule has 0 radical (unpaired) electrons. The Labute approximate surface area is 152 Å². The third kappa shape index (κ3) is 7.47. The number of aryl methyl sites for hydroxylation is 2. The number of halogens is 1. The molecule has 22 heavy (non-hydrogen) atoms. The van der Waals surface area contributed by atoms with Crippen LogP contribution in [-0.2, 0) is 6.54 Å². The highest BCUT2D eigenvalue weighted by atomic mass is 127. The van der Waals surface area contributed by atoms with Gasteiger partial charge in [-0.25, -0.2) is 0 Å². The second-order valence-electron chi connectivity index (χ2n) is 5.89. The molecule has 2 unspecified atom stereocenters. The van der Waals surface area contributed by atoms with Gasteiger partial charge >= 0.3 is 0 Å². The normalized spacial score (nSPS) is 14.2. The van der Waals surface area contributed by atoms with Gasteiger partial charge in [-0.1, -0.05) is 13.8 Å². The molecule has 1 heterocycles. The monoisotopic (exact) mass is 421 g/mol. The molecular weight excluding hydrogens is 389 g/mol. The van der Waals surface area contributed by atoms with Crippen molar-refractivity contribution < 1.29 is 0 Å². The second-order valence-corrected chi connectivity index (χ2v) is 5.89. The molecule has 0 bridgehead atoms. The Bertz CT molecular complexity index is 455. The maximum absolute atomic E-state index is 4.69. The first-order valence-corrected chi connectivity index (χ1v) is 8.02. The van der Waals surface area contributed by atoms with Crippen LogP contribution in [0.5, 0.6) is 0 Å². The molecule has 0 aliphatic rings. The maximum atomic E-state index is 4.69. The SMILES string of the molecule is CCNC(=NCC(C)Cn1nc(C)cc1C)NC(C)CC.I. The molecule has 2 N–H and O–H groups in total. The van der Waals surface area contributed by atoms with Gasteiger partial charge in [0.2, 0.25) is 0 Å². The van der Waals surface area contributed by atoms with Gasteiger partial charge in [-0.15, -0.1) is 24.0 Å². The molecule has 0 saturated carbocycles. The first-order chi connectivity index (χ1) is 9.96. The Balaban J connectivity index is 0.00000441. The fourth-order valence-electron chi connectivity index (χ4n) is 2.12. The summed E-state index contributed by atoms with van der Waals surface area (Å²) in [6.07, 6.45) is 1.09. The Hall–Kier alpha value is -0.790. The standard InChI is InChI=1S/C16H31N5.HI/c1-7-13(4)19-16(17-8-2)18-10-12(3)11-21-15(6)9-14(5)20-21;/h9,12-13H,7-8,10-11H2,1-6H3,(H2,17,18,19);1H. The van der Waals surface area contributed by atoms with Crippen LogP contribution in [0, 0.1) is 19.8 Å². The van der Waals surface area contributed by atoms with Crippen molar-refractivity contribution in [3.63, 3.8) is 0 Å². The van der Waals surface area contributed by atoms with Crippen molar-refractivity contribution in [3.8, 4) is 0 Å². The average Bonchev–Trinajstić information content (AvgIpc) is 2.74. The first kappa shape index (κ1) is 21.2. The lowest BCUT2D eigenvalue weighted by atomic mass is 10.2. The summed E-state index contributed by atoms with van der Waals surface area (Å²) >= 11 is 0. The molecule has 5 nitrogen and oxygen atoms in total. The number of guanidine groups is 1. The molecule has 6 heteroatoms. The Morgan fingerprint density at radius 1 is 1.32 bits per heavy atom. The van der Waals surface area contributed by atoms with E-state index in [0.717, 1.165) is 37.7 Å². The Morgan fingerprint density at radius 2 is 2.00 bits per heavy atom. The summed E-state index contributed by atoms with van der Waals surface area (Å²) in [6.45, 7) is 15.4. The molecule has 0 amide bonds. The van der Waals surface area contributed by atoms with E-state index < -0.39 is 0 Å². The minimum atomic E-state index is 0. The summed E-state index contributed by atoms with van der Waals surface area (Å²) in [4.78, 5) is 4.69. The molecule has 128 valence electrons. The highest BCUT2D eigenvalue weighted by Gasteiger charge is 2.08. The molecule has 1 rings (SSSR count). The molecule has 0 aliphatic heterocycles. The lowest BCUT2D eigenvalue weighted by Gasteiger charge is -2.17. The van der Waals surface area contributed by atoms with E-state index >= 15 is 0 Å². The zero-order valence-corrected chi connectivity index (χ0v) is 17.1. The molecule has 1 aromatic rings. The van der Waals surface area contributed by atoms with E-state index in [2.05, 4.69) is 66.1 Å². The molecule has 1 aromatic heterocycles. The number of aliphatic imine (C=N–C) groups is 1. The van der Waals surface area contributed by atoms with E-state index in [4.69, 9.17) is 0 Å². The van der Waals surface area contributed by atoms with Crippen molar-refractivity contribution >= 4 is 29.9 Å². The van der Waals surface area contributed by atoms with E-state index in [1.165, 1.54) is 5.69 Å². The van der Waals surface area contributed by atoms with Crippen LogP contribution in [0.4, 0.5) is 0 Å². The maximum Gasteiger partial charge on any atom is 0.191 e. The van der Waals surface area contributed by atoms with Crippen molar-refractivity contribution in [1.29, 1.82) is 0 Å². The fourth-order valence-corrected chi connectivity index (χ4v) is 2.12. The summed E-state index contributed by atoms with van der Waals surface area (Å²) in [5, 5.41) is 11.2. The third-order valence-electron chi connectivity index (χ3n) is 3.49. The summed E-state index contributed by atoms with van der Waals surface area (Å²) in [5.41, 5.74) is 2.29. The minimum absolute atomic E-state index is 0. The number of nitrogens with one attached hydrogen (secondary N) is 2. The van der Waals surface area contributed by atoms with Gasteiger partial charge in [0.1, 0.15) is 0 Å². The number of rotatable bonds is 7. The topological polar surface area (TPSA) is 54.2 Å². The lowest BCUT2D eigenvalue weighted by molar-refractivity contribution is 0.449. The van der Waals surface area contributed by atoms with Gasteiger partial charge in [0, 0.05) is 31.4 Å². The van der Waals surface area contributed by atoms with E-state index in [9.17, 15) is 0 Å². The zero-order valence-electron chi connectivity index (χ0n) is 14.8. The van der Waals surface area contributed by atoms with E-state index in [1.54, 1.807) is 0 Å². The van der Waals surface area contributed by atoms with Crippen LogP contribution in [-0.4, -0.2) is 34.9 Å². The van der Waals surface area contributed by atoms with Gasteiger partial charge in [-0.3, -0.25) is 9.67 Å². The van der Waals surface area contributed by atoms with Gasteiger partial charge in [-0.2, -0.15) is 5.10 Å². The molecule has 0 fully saturated rings. The molecular formula is C16H32IN5. The van der Waals surface area contributed by atoms with Gasteiger partial charge < -0.3 is 10.6 Å². The molecule has 0 aliphatic carbocycles. The van der Waals surface area contributed by atoms with Crippen LogP contribution in [0.25, 0.3) is 0 Å². The van der Waals surface area contributed by atoms with Gasteiger partial charge in [0.15, 0.2) is 5.96 Å². The summed E-state index contributed by atoms with van der Waals surface area (Å²) in [7, 11) is 0. The minimum Gasteiger partial charge on any atom is -0.357 e. The van der Waals surface area contributed by atoms with Crippen LogP contribution >= 0.6 is 24.0 Å². The predicted molar refractivity (Wildman–Crippen MR) is 105 cm³/mol. The lowest BCUT2D eigenvalue weighted by Crippen LogP contribution is -2.42. The second kappa shape index (κ2) is 10.9. The third-order valence-corrected chi connectivity index (χ3v) is 3.49.